The van der Waals surface area contributed by atoms with E-state index in [1.54, 1.807) is 10.6 Å². The molecule has 2 aromatic carbocycles. The Kier molecular flexibility index (Phi) is 3.52. The molecule has 0 bridgehead atoms. The topological polar surface area (TPSA) is 34.9 Å². The molecule has 0 atom stereocenters. The lowest BCUT2D eigenvalue weighted by atomic mass is 10.1. The molecule has 0 saturated carbocycles. The first kappa shape index (κ1) is 13.8. The molecular formula is C17H15ClN2O. The number of aromatic nitrogens is 2. The molecule has 3 nitrogen and oxygen atoms in total. The Bertz CT molecular complexity index is 884. The lowest BCUT2D eigenvalue weighted by Crippen LogP contribution is -2.24. The summed E-state index contributed by atoms with van der Waals surface area (Å²) in [7, 11) is 0. The van der Waals surface area contributed by atoms with Crippen LogP contribution in [0.25, 0.3) is 16.6 Å². The molecule has 106 valence electrons. The highest BCUT2D eigenvalue weighted by Crippen LogP contribution is 2.18. The molecule has 0 amide bonds. The maximum absolute atomic E-state index is 12.8. The molecule has 0 saturated heterocycles. The zero-order valence-electron chi connectivity index (χ0n) is 11.9. The number of alkyl halides is 1. The number of aryl methyl sites for hydroxylation is 2. The summed E-state index contributed by atoms with van der Waals surface area (Å²) >= 11 is 6.02. The summed E-state index contributed by atoms with van der Waals surface area (Å²) < 4.78 is 1.62. The fourth-order valence-electron chi connectivity index (χ4n) is 2.48. The number of para-hydroxylation sites is 1. The van der Waals surface area contributed by atoms with E-state index in [1.165, 1.54) is 0 Å². The lowest BCUT2D eigenvalue weighted by molar-refractivity contribution is 0.873. The van der Waals surface area contributed by atoms with E-state index in [1.807, 2.05) is 50.2 Å². The number of hydrogen-bond acceptors (Lipinski definition) is 2. The molecule has 0 N–H and O–H groups in total. The van der Waals surface area contributed by atoms with Crippen molar-refractivity contribution < 1.29 is 0 Å². The van der Waals surface area contributed by atoms with Crippen molar-refractivity contribution >= 4 is 22.5 Å². The second kappa shape index (κ2) is 5.34. The Hall–Kier alpha value is -2.13. The fourth-order valence-corrected chi connectivity index (χ4v) is 2.66. The third kappa shape index (κ3) is 2.34. The van der Waals surface area contributed by atoms with E-state index in [2.05, 4.69) is 4.98 Å². The molecule has 3 aromatic rings. The second-order valence-electron chi connectivity index (χ2n) is 5.11. The summed E-state index contributed by atoms with van der Waals surface area (Å²) in [5, 5.41) is 0.604. The normalized spacial score (nSPS) is 11.0. The van der Waals surface area contributed by atoms with Crippen LogP contribution in [-0.2, 0) is 5.88 Å². The molecule has 0 radical (unpaired) electrons. The third-order valence-electron chi connectivity index (χ3n) is 3.57. The first-order valence-corrected chi connectivity index (χ1v) is 7.29. The molecule has 0 spiro atoms. The highest BCUT2D eigenvalue weighted by molar-refractivity contribution is 6.16. The molecule has 0 aliphatic heterocycles. The summed E-state index contributed by atoms with van der Waals surface area (Å²) in [6, 6.07) is 13.4. The van der Waals surface area contributed by atoms with Gasteiger partial charge in [0.15, 0.2) is 0 Å². The molecule has 0 aliphatic carbocycles. The van der Waals surface area contributed by atoms with E-state index in [4.69, 9.17) is 11.6 Å². The SMILES string of the molecule is Cc1ccc(C)c(-n2c(CCl)nc3ccccc3c2=O)c1. The van der Waals surface area contributed by atoms with Gasteiger partial charge in [-0.1, -0.05) is 24.3 Å². The van der Waals surface area contributed by atoms with Gasteiger partial charge < -0.3 is 0 Å². The van der Waals surface area contributed by atoms with E-state index in [0.717, 1.165) is 16.8 Å². The summed E-state index contributed by atoms with van der Waals surface area (Å²) in [5.74, 6) is 0.752. The van der Waals surface area contributed by atoms with Crippen molar-refractivity contribution in [2.45, 2.75) is 19.7 Å². The van der Waals surface area contributed by atoms with Crippen LogP contribution < -0.4 is 5.56 Å². The van der Waals surface area contributed by atoms with Crippen molar-refractivity contribution in [1.82, 2.24) is 9.55 Å². The number of rotatable bonds is 2. The predicted molar refractivity (Wildman–Crippen MR) is 86.4 cm³/mol. The molecule has 1 heterocycles. The van der Waals surface area contributed by atoms with Crippen molar-refractivity contribution in [3.8, 4) is 5.69 Å². The fraction of sp³-hybridized carbons (Fsp3) is 0.176. The van der Waals surface area contributed by atoms with Gasteiger partial charge in [0.2, 0.25) is 0 Å². The Balaban J connectivity index is 2.44. The second-order valence-corrected chi connectivity index (χ2v) is 5.38. The van der Waals surface area contributed by atoms with Crippen LogP contribution in [0.5, 0.6) is 0 Å². The molecule has 0 unspecified atom stereocenters. The zero-order chi connectivity index (χ0) is 15.0. The van der Waals surface area contributed by atoms with Crippen LogP contribution in [-0.4, -0.2) is 9.55 Å². The van der Waals surface area contributed by atoms with E-state index >= 15 is 0 Å². The summed E-state index contributed by atoms with van der Waals surface area (Å²) in [6.45, 7) is 3.98. The Morgan fingerprint density at radius 3 is 2.67 bits per heavy atom. The van der Waals surface area contributed by atoms with Crippen molar-refractivity contribution in [2.75, 3.05) is 0 Å². The van der Waals surface area contributed by atoms with E-state index in [9.17, 15) is 4.79 Å². The standard InChI is InChI=1S/C17H15ClN2O/c1-11-7-8-12(2)15(9-11)20-16(10-18)19-14-6-4-3-5-13(14)17(20)21/h3-9H,10H2,1-2H3. The largest absolute Gasteiger partial charge is 0.268 e. The minimum atomic E-state index is -0.0787. The molecule has 0 fully saturated rings. The van der Waals surface area contributed by atoms with Gasteiger partial charge in [0, 0.05) is 0 Å². The smallest absolute Gasteiger partial charge is 0.266 e. The molecule has 0 aliphatic rings. The number of nitrogens with zero attached hydrogens (tertiary/aromatic N) is 2. The van der Waals surface area contributed by atoms with Crippen LogP contribution in [0.2, 0.25) is 0 Å². The molecule has 3 rings (SSSR count). The van der Waals surface area contributed by atoms with E-state index in [-0.39, 0.29) is 11.4 Å². The highest BCUT2D eigenvalue weighted by Gasteiger charge is 2.13. The molecule has 1 aromatic heterocycles. The number of benzene rings is 2. The van der Waals surface area contributed by atoms with Crippen molar-refractivity contribution in [3.05, 3.63) is 69.8 Å². The van der Waals surface area contributed by atoms with Gasteiger partial charge in [0.25, 0.3) is 5.56 Å². The third-order valence-corrected chi connectivity index (χ3v) is 3.81. The maximum Gasteiger partial charge on any atom is 0.266 e. The predicted octanol–water partition coefficient (Wildman–Crippen LogP) is 3.74. The molecule has 4 heteroatoms. The maximum atomic E-state index is 12.8. The van der Waals surface area contributed by atoms with E-state index < -0.39 is 0 Å². The van der Waals surface area contributed by atoms with Gasteiger partial charge in [-0.3, -0.25) is 9.36 Å². The van der Waals surface area contributed by atoms with Crippen molar-refractivity contribution in [1.29, 1.82) is 0 Å². The van der Waals surface area contributed by atoms with Crippen LogP contribution in [0.3, 0.4) is 0 Å². The van der Waals surface area contributed by atoms with E-state index in [0.29, 0.717) is 16.7 Å². The van der Waals surface area contributed by atoms with Crippen LogP contribution >= 0.6 is 11.6 Å². The average molecular weight is 299 g/mol. The molecule has 21 heavy (non-hydrogen) atoms. The zero-order valence-corrected chi connectivity index (χ0v) is 12.7. The van der Waals surface area contributed by atoms with Crippen LogP contribution in [0.1, 0.15) is 17.0 Å². The minimum absolute atomic E-state index is 0.0787. The van der Waals surface area contributed by atoms with Gasteiger partial charge in [0.05, 0.1) is 22.5 Å². The summed E-state index contributed by atoms with van der Waals surface area (Å²) in [6.07, 6.45) is 0. The first-order chi connectivity index (χ1) is 10.1. The number of fused-ring (bicyclic) bond motifs is 1. The summed E-state index contributed by atoms with van der Waals surface area (Å²) in [4.78, 5) is 17.4. The minimum Gasteiger partial charge on any atom is -0.268 e. The van der Waals surface area contributed by atoms with Gasteiger partial charge in [-0.25, -0.2) is 4.98 Å². The van der Waals surface area contributed by atoms with Gasteiger partial charge in [0.1, 0.15) is 5.82 Å². The van der Waals surface area contributed by atoms with Gasteiger partial charge in [-0.15, -0.1) is 11.6 Å². The van der Waals surface area contributed by atoms with Crippen LogP contribution in [0.4, 0.5) is 0 Å². The molecular weight excluding hydrogens is 284 g/mol. The number of hydrogen-bond donors (Lipinski definition) is 0. The Labute approximate surface area is 127 Å². The van der Waals surface area contributed by atoms with Crippen LogP contribution in [0, 0.1) is 13.8 Å². The highest BCUT2D eigenvalue weighted by atomic mass is 35.5. The van der Waals surface area contributed by atoms with Crippen molar-refractivity contribution in [3.63, 3.8) is 0 Å². The van der Waals surface area contributed by atoms with Crippen molar-refractivity contribution in [2.24, 2.45) is 0 Å². The first-order valence-electron chi connectivity index (χ1n) is 6.76. The average Bonchev–Trinajstić information content (AvgIpc) is 2.50. The Morgan fingerprint density at radius 2 is 1.90 bits per heavy atom. The quantitative estimate of drug-likeness (QED) is 0.676. The van der Waals surface area contributed by atoms with Gasteiger partial charge >= 0.3 is 0 Å². The van der Waals surface area contributed by atoms with Gasteiger partial charge in [-0.2, -0.15) is 0 Å². The lowest BCUT2D eigenvalue weighted by Gasteiger charge is -2.14. The number of halogens is 1. The van der Waals surface area contributed by atoms with Crippen LogP contribution in [0.15, 0.2) is 47.3 Å². The Morgan fingerprint density at radius 1 is 1.14 bits per heavy atom. The van der Waals surface area contributed by atoms with Gasteiger partial charge in [-0.05, 0) is 43.2 Å². The summed E-state index contributed by atoms with van der Waals surface area (Å²) in [5.41, 5.74) is 3.56. The monoisotopic (exact) mass is 298 g/mol.